The first-order valence-corrected chi connectivity index (χ1v) is 7.75. The van der Waals surface area contributed by atoms with Crippen molar-refractivity contribution >= 4 is 0 Å². The van der Waals surface area contributed by atoms with Crippen LogP contribution in [0, 0.1) is 5.92 Å². The van der Waals surface area contributed by atoms with Gasteiger partial charge in [-0.05, 0) is 58.4 Å². The molecule has 1 heterocycles. The Morgan fingerprint density at radius 3 is 2.41 bits per heavy atom. The molecule has 1 aliphatic heterocycles. The molecule has 0 aromatic heterocycles. The summed E-state index contributed by atoms with van der Waals surface area (Å²) in [5.41, 5.74) is 0. The predicted molar refractivity (Wildman–Crippen MR) is 74.3 cm³/mol. The minimum absolute atomic E-state index is 0.668. The van der Waals surface area contributed by atoms with Crippen molar-refractivity contribution in [2.45, 2.75) is 83.3 Å². The Balaban J connectivity index is 1.66. The average Bonchev–Trinajstić information content (AvgIpc) is 2.83. The van der Waals surface area contributed by atoms with Gasteiger partial charge in [0.15, 0.2) is 0 Å². The van der Waals surface area contributed by atoms with Crippen LogP contribution in [0.5, 0.6) is 0 Å². The largest absolute Gasteiger partial charge is 0.314 e. The Kier molecular flexibility index (Phi) is 5.30. The molecule has 2 nitrogen and oxygen atoms in total. The van der Waals surface area contributed by atoms with Gasteiger partial charge in [-0.2, -0.15) is 0 Å². The summed E-state index contributed by atoms with van der Waals surface area (Å²) in [6.45, 7) is 5.98. The molecule has 2 unspecified atom stereocenters. The highest BCUT2D eigenvalue weighted by Gasteiger charge is 2.23. The third kappa shape index (κ3) is 4.26. The lowest BCUT2D eigenvalue weighted by molar-refractivity contribution is 0.300. The van der Waals surface area contributed by atoms with Crippen molar-refractivity contribution in [3.63, 3.8) is 0 Å². The van der Waals surface area contributed by atoms with Crippen LogP contribution in [0.3, 0.4) is 0 Å². The van der Waals surface area contributed by atoms with Crippen molar-refractivity contribution in [3.05, 3.63) is 0 Å². The molecule has 0 amide bonds. The maximum atomic E-state index is 3.83. The lowest BCUT2D eigenvalue weighted by Crippen LogP contribution is -2.44. The highest BCUT2D eigenvalue weighted by atomic mass is 15.0. The van der Waals surface area contributed by atoms with Crippen LogP contribution in [0.2, 0.25) is 0 Å². The van der Waals surface area contributed by atoms with E-state index in [1.165, 1.54) is 57.9 Å². The molecule has 0 radical (unpaired) electrons. The molecule has 2 heteroatoms. The summed E-state index contributed by atoms with van der Waals surface area (Å²) in [4.78, 5) is 0. The Morgan fingerprint density at radius 1 is 1.06 bits per heavy atom. The van der Waals surface area contributed by atoms with E-state index in [-0.39, 0.29) is 0 Å². The van der Waals surface area contributed by atoms with Gasteiger partial charge in [-0.1, -0.05) is 19.3 Å². The number of nitrogens with one attached hydrogen (secondary N) is 2. The van der Waals surface area contributed by atoms with Crippen LogP contribution in [-0.4, -0.2) is 24.7 Å². The summed E-state index contributed by atoms with van der Waals surface area (Å²) in [6.07, 6.45) is 11.3. The van der Waals surface area contributed by atoms with Gasteiger partial charge in [-0.3, -0.25) is 0 Å². The van der Waals surface area contributed by atoms with Crippen LogP contribution in [0.1, 0.15) is 65.2 Å². The number of hydrogen-bond donors (Lipinski definition) is 2. The third-order valence-electron chi connectivity index (χ3n) is 4.70. The van der Waals surface area contributed by atoms with Gasteiger partial charge in [0.2, 0.25) is 0 Å². The van der Waals surface area contributed by atoms with E-state index in [4.69, 9.17) is 0 Å². The van der Waals surface area contributed by atoms with Crippen molar-refractivity contribution in [2.24, 2.45) is 5.92 Å². The van der Waals surface area contributed by atoms with Crippen LogP contribution in [0.4, 0.5) is 0 Å². The minimum atomic E-state index is 0.668. The van der Waals surface area contributed by atoms with Gasteiger partial charge in [-0.15, -0.1) is 0 Å². The van der Waals surface area contributed by atoms with E-state index in [1.54, 1.807) is 0 Å². The standard InChI is InChI=1S/C15H30N2/c1-12(11-15-9-5-6-10-16-15)17-13(2)14-7-3-4-8-14/h12-17H,3-11H2,1-2H3/t12?,13-,15?/m1/s1. The Hall–Kier alpha value is -0.0800. The molecule has 2 fully saturated rings. The van der Waals surface area contributed by atoms with Gasteiger partial charge in [-0.25, -0.2) is 0 Å². The fraction of sp³-hybridized carbons (Fsp3) is 1.00. The Morgan fingerprint density at radius 2 is 1.76 bits per heavy atom. The van der Waals surface area contributed by atoms with Crippen molar-refractivity contribution in [1.29, 1.82) is 0 Å². The smallest absolute Gasteiger partial charge is 0.00817 e. The lowest BCUT2D eigenvalue weighted by atomic mass is 9.95. The zero-order valence-corrected chi connectivity index (χ0v) is 11.7. The minimum Gasteiger partial charge on any atom is -0.314 e. The quantitative estimate of drug-likeness (QED) is 0.769. The summed E-state index contributed by atoms with van der Waals surface area (Å²) in [7, 11) is 0. The van der Waals surface area contributed by atoms with E-state index in [2.05, 4.69) is 24.5 Å². The molecule has 1 saturated heterocycles. The molecule has 3 atom stereocenters. The van der Waals surface area contributed by atoms with Crippen LogP contribution in [0.25, 0.3) is 0 Å². The summed E-state index contributed by atoms with van der Waals surface area (Å²) in [5.74, 6) is 0.941. The first-order chi connectivity index (χ1) is 8.25. The third-order valence-corrected chi connectivity index (χ3v) is 4.70. The van der Waals surface area contributed by atoms with Gasteiger partial charge >= 0.3 is 0 Å². The van der Waals surface area contributed by atoms with Crippen LogP contribution in [-0.2, 0) is 0 Å². The van der Waals surface area contributed by atoms with Crippen LogP contribution < -0.4 is 10.6 Å². The molecule has 1 aliphatic carbocycles. The molecule has 2 aliphatic rings. The predicted octanol–water partition coefficient (Wildman–Crippen LogP) is 3.08. The molecular formula is C15H30N2. The SMILES string of the molecule is CC(CC1CCCCN1)N[C@H](C)C1CCCC1. The highest BCUT2D eigenvalue weighted by Crippen LogP contribution is 2.27. The molecule has 0 aromatic carbocycles. The Labute approximate surface area is 107 Å². The molecule has 2 N–H and O–H groups in total. The monoisotopic (exact) mass is 238 g/mol. The van der Waals surface area contributed by atoms with Crippen LogP contribution >= 0.6 is 0 Å². The summed E-state index contributed by atoms with van der Waals surface area (Å²) in [6, 6.07) is 2.15. The van der Waals surface area contributed by atoms with Gasteiger partial charge in [0.25, 0.3) is 0 Å². The molecule has 2 rings (SSSR count). The fourth-order valence-corrected chi connectivity index (χ4v) is 3.66. The van der Waals surface area contributed by atoms with Gasteiger partial charge in [0, 0.05) is 18.1 Å². The highest BCUT2D eigenvalue weighted by molar-refractivity contribution is 4.82. The second-order valence-electron chi connectivity index (χ2n) is 6.28. The molecule has 0 spiro atoms. The number of rotatable bonds is 5. The summed E-state index contributed by atoms with van der Waals surface area (Å²) in [5, 5.41) is 7.48. The van der Waals surface area contributed by atoms with E-state index < -0.39 is 0 Å². The van der Waals surface area contributed by atoms with Crippen LogP contribution in [0.15, 0.2) is 0 Å². The van der Waals surface area contributed by atoms with E-state index in [9.17, 15) is 0 Å². The first-order valence-electron chi connectivity index (χ1n) is 7.75. The Bertz CT molecular complexity index is 205. The first kappa shape index (κ1) is 13.4. The molecule has 0 aromatic rings. The van der Waals surface area contributed by atoms with Gasteiger partial charge in [0.05, 0.1) is 0 Å². The second kappa shape index (κ2) is 6.75. The molecule has 1 saturated carbocycles. The van der Waals surface area contributed by atoms with Crippen molar-refractivity contribution in [1.82, 2.24) is 10.6 Å². The van der Waals surface area contributed by atoms with Crippen molar-refractivity contribution in [3.8, 4) is 0 Å². The number of hydrogen-bond acceptors (Lipinski definition) is 2. The fourth-order valence-electron chi connectivity index (χ4n) is 3.66. The maximum Gasteiger partial charge on any atom is 0.00817 e. The number of piperidine rings is 1. The van der Waals surface area contributed by atoms with Gasteiger partial charge < -0.3 is 10.6 Å². The zero-order valence-electron chi connectivity index (χ0n) is 11.7. The van der Waals surface area contributed by atoms with Gasteiger partial charge in [0.1, 0.15) is 0 Å². The van der Waals surface area contributed by atoms with Crippen molar-refractivity contribution < 1.29 is 0 Å². The van der Waals surface area contributed by atoms with E-state index in [1.807, 2.05) is 0 Å². The lowest BCUT2D eigenvalue weighted by Gasteiger charge is -2.30. The molecule has 100 valence electrons. The summed E-state index contributed by atoms with van der Waals surface area (Å²) < 4.78 is 0. The summed E-state index contributed by atoms with van der Waals surface area (Å²) >= 11 is 0. The topological polar surface area (TPSA) is 24.1 Å². The normalized spacial score (nSPS) is 30.4. The molecule has 0 bridgehead atoms. The molecule has 17 heavy (non-hydrogen) atoms. The average molecular weight is 238 g/mol. The maximum absolute atomic E-state index is 3.83. The second-order valence-corrected chi connectivity index (χ2v) is 6.28. The zero-order chi connectivity index (χ0) is 12.1. The van der Waals surface area contributed by atoms with E-state index in [0.717, 1.165) is 18.0 Å². The van der Waals surface area contributed by atoms with Crippen molar-refractivity contribution in [2.75, 3.05) is 6.54 Å². The van der Waals surface area contributed by atoms with E-state index in [0.29, 0.717) is 6.04 Å². The van der Waals surface area contributed by atoms with E-state index >= 15 is 0 Å². The molecular weight excluding hydrogens is 208 g/mol.